The number of benzene rings is 1. The van der Waals surface area contributed by atoms with Crippen LogP contribution in [0.25, 0.3) is 0 Å². The van der Waals surface area contributed by atoms with E-state index in [1.54, 1.807) is 18.2 Å². The largest absolute Gasteiger partial charge is 0.454 e. The third-order valence-corrected chi connectivity index (χ3v) is 4.83. The first-order chi connectivity index (χ1) is 13.8. The number of nitrogens with zero attached hydrogens (tertiary/aromatic N) is 1. The molecular weight excluding hydrogens is 382 g/mol. The standard InChI is InChI=1S/C19H27N3O7/c1-22(2)6-5-20-16(23)8-14-17(24)18(25)15(29-14)9-21-19(26)11-3-4-12-13(7-11)28-10-27-12/h3-4,7,14-15,17-18,24-25H,5-6,8-10H2,1-2H3,(H,20,23)(H,21,26)/t14-,15+,17?,18+/m0/s1. The van der Waals surface area contributed by atoms with E-state index in [4.69, 9.17) is 14.2 Å². The molecule has 1 unspecified atom stereocenters. The lowest BCUT2D eigenvalue weighted by Gasteiger charge is -2.16. The zero-order chi connectivity index (χ0) is 21.0. The number of amides is 2. The van der Waals surface area contributed by atoms with Crippen molar-refractivity contribution in [3.05, 3.63) is 23.8 Å². The number of likely N-dealkylation sites (N-methyl/N-ethyl adjacent to an activating group) is 1. The summed E-state index contributed by atoms with van der Waals surface area (Å²) < 4.78 is 16.1. The molecule has 29 heavy (non-hydrogen) atoms. The van der Waals surface area contributed by atoms with E-state index in [0.29, 0.717) is 30.2 Å². The zero-order valence-electron chi connectivity index (χ0n) is 16.5. The van der Waals surface area contributed by atoms with Gasteiger partial charge in [0, 0.05) is 25.2 Å². The number of nitrogens with one attached hydrogen (secondary N) is 2. The maximum atomic E-state index is 12.3. The summed E-state index contributed by atoms with van der Waals surface area (Å²) in [5.41, 5.74) is 0.374. The highest BCUT2D eigenvalue weighted by Crippen LogP contribution is 2.32. The molecule has 1 aromatic carbocycles. The molecule has 4 atom stereocenters. The molecule has 2 aliphatic rings. The molecule has 10 nitrogen and oxygen atoms in total. The van der Waals surface area contributed by atoms with Crippen LogP contribution in [0.4, 0.5) is 0 Å². The van der Waals surface area contributed by atoms with E-state index in [9.17, 15) is 19.8 Å². The molecule has 0 spiro atoms. The quantitative estimate of drug-likeness (QED) is 0.417. The Morgan fingerprint density at radius 2 is 1.83 bits per heavy atom. The lowest BCUT2D eigenvalue weighted by molar-refractivity contribution is -0.125. The Kier molecular flexibility index (Phi) is 6.91. The van der Waals surface area contributed by atoms with Crippen LogP contribution in [0.15, 0.2) is 18.2 Å². The molecular formula is C19H27N3O7. The molecule has 1 aromatic rings. The number of carbonyl (C=O) groups is 2. The van der Waals surface area contributed by atoms with Crippen molar-refractivity contribution in [3.63, 3.8) is 0 Å². The molecule has 1 saturated heterocycles. The lowest BCUT2D eigenvalue weighted by atomic mass is 10.1. The molecule has 0 saturated carbocycles. The second kappa shape index (κ2) is 9.40. The molecule has 160 valence electrons. The predicted octanol–water partition coefficient (Wildman–Crippen LogP) is -1.30. The van der Waals surface area contributed by atoms with E-state index in [1.165, 1.54) is 0 Å². The molecule has 3 rings (SSSR count). The van der Waals surface area contributed by atoms with Gasteiger partial charge in [0.25, 0.3) is 5.91 Å². The van der Waals surface area contributed by atoms with E-state index in [-0.39, 0.29) is 31.6 Å². The van der Waals surface area contributed by atoms with Crippen LogP contribution in [-0.4, -0.2) is 91.9 Å². The molecule has 2 amide bonds. The topological polar surface area (TPSA) is 130 Å². The van der Waals surface area contributed by atoms with Crippen LogP contribution in [0.3, 0.4) is 0 Å². The third-order valence-electron chi connectivity index (χ3n) is 4.83. The number of hydrogen-bond donors (Lipinski definition) is 4. The minimum atomic E-state index is -1.21. The number of aliphatic hydroxyl groups is 2. The van der Waals surface area contributed by atoms with Crippen LogP contribution in [0, 0.1) is 0 Å². The second-order valence-corrected chi connectivity index (χ2v) is 7.33. The maximum absolute atomic E-state index is 12.3. The smallest absolute Gasteiger partial charge is 0.251 e. The van der Waals surface area contributed by atoms with E-state index in [1.807, 2.05) is 19.0 Å². The van der Waals surface area contributed by atoms with Crippen molar-refractivity contribution in [1.29, 1.82) is 0 Å². The van der Waals surface area contributed by atoms with Crippen molar-refractivity contribution >= 4 is 11.8 Å². The van der Waals surface area contributed by atoms with Gasteiger partial charge in [0.2, 0.25) is 12.7 Å². The Morgan fingerprint density at radius 3 is 2.59 bits per heavy atom. The number of hydrogen-bond acceptors (Lipinski definition) is 8. The van der Waals surface area contributed by atoms with Gasteiger partial charge in [0.1, 0.15) is 18.3 Å². The van der Waals surface area contributed by atoms with Gasteiger partial charge in [-0.2, -0.15) is 0 Å². The average Bonchev–Trinajstić information content (AvgIpc) is 3.25. The van der Waals surface area contributed by atoms with Crippen LogP contribution in [0.2, 0.25) is 0 Å². The summed E-state index contributed by atoms with van der Waals surface area (Å²) in [6, 6.07) is 4.82. The van der Waals surface area contributed by atoms with Crippen molar-refractivity contribution in [1.82, 2.24) is 15.5 Å². The van der Waals surface area contributed by atoms with E-state index in [2.05, 4.69) is 10.6 Å². The summed E-state index contributed by atoms with van der Waals surface area (Å²) in [5, 5.41) is 25.8. The highest BCUT2D eigenvalue weighted by Gasteiger charge is 2.43. The monoisotopic (exact) mass is 409 g/mol. The van der Waals surface area contributed by atoms with Crippen LogP contribution in [-0.2, 0) is 9.53 Å². The fourth-order valence-electron chi connectivity index (χ4n) is 3.17. The molecule has 10 heteroatoms. The van der Waals surface area contributed by atoms with E-state index in [0.717, 1.165) is 0 Å². The van der Waals surface area contributed by atoms with Gasteiger partial charge in [0.05, 0.1) is 12.5 Å². The van der Waals surface area contributed by atoms with Crippen LogP contribution in [0.1, 0.15) is 16.8 Å². The highest BCUT2D eigenvalue weighted by molar-refractivity contribution is 5.94. The third kappa shape index (κ3) is 5.36. The minimum Gasteiger partial charge on any atom is -0.454 e. The van der Waals surface area contributed by atoms with Gasteiger partial charge in [0.15, 0.2) is 11.5 Å². The predicted molar refractivity (Wildman–Crippen MR) is 102 cm³/mol. The normalized spacial score (nSPS) is 25.3. The summed E-state index contributed by atoms with van der Waals surface area (Å²) >= 11 is 0. The summed E-state index contributed by atoms with van der Waals surface area (Å²) in [7, 11) is 3.80. The number of fused-ring (bicyclic) bond motifs is 1. The summed E-state index contributed by atoms with van der Waals surface area (Å²) in [4.78, 5) is 26.3. The molecule has 0 aliphatic carbocycles. The van der Waals surface area contributed by atoms with Crippen molar-refractivity contribution in [2.45, 2.75) is 30.8 Å². The number of ether oxygens (including phenoxy) is 3. The van der Waals surface area contributed by atoms with Crippen LogP contribution in [0.5, 0.6) is 11.5 Å². The Balaban J connectivity index is 1.47. The molecule has 0 bridgehead atoms. The fourth-order valence-corrected chi connectivity index (χ4v) is 3.17. The summed E-state index contributed by atoms with van der Waals surface area (Å²) in [6.45, 7) is 1.28. The highest BCUT2D eigenvalue weighted by atomic mass is 16.7. The van der Waals surface area contributed by atoms with E-state index >= 15 is 0 Å². The average molecular weight is 409 g/mol. The van der Waals surface area contributed by atoms with Gasteiger partial charge in [-0.05, 0) is 32.3 Å². The fraction of sp³-hybridized carbons (Fsp3) is 0.579. The Morgan fingerprint density at radius 1 is 1.10 bits per heavy atom. The van der Waals surface area contributed by atoms with Gasteiger partial charge < -0.3 is 40.0 Å². The van der Waals surface area contributed by atoms with Crippen molar-refractivity contribution in [2.75, 3.05) is 40.5 Å². The van der Waals surface area contributed by atoms with Gasteiger partial charge in [-0.3, -0.25) is 9.59 Å². The van der Waals surface area contributed by atoms with Gasteiger partial charge in [-0.25, -0.2) is 0 Å². The Bertz CT molecular complexity index is 743. The Labute approximate surface area is 168 Å². The van der Waals surface area contributed by atoms with Gasteiger partial charge >= 0.3 is 0 Å². The van der Waals surface area contributed by atoms with Gasteiger partial charge in [-0.15, -0.1) is 0 Å². The minimum absolute atomic E-state index is 0.00967. The molecule has 2 heterocycles. The number of rotatable bonds is 8. The molecule has 4 N–H and O–H groups in total. The second-order valence-electron chi connectivity index (χ2n) is 7.33. The molecule has 2 aliphatic heterocycles. The van der Waals surface area contributed by atoms with Gasteiger partial charge in [-0.1, -0.05) is 0 Å². The van der Waals surface area contributed by atoms with Crippen molar-refractivity contribution in [2.24, 2.45) is 0 Å². The van der Waals surface area contributed by atoms with Crippen molar-refractivity contribution in [3.8, 4) is 11.5 Å². The van der Waals surface area contributed by atoms with Crippen LogP contribution >= 0.6 is 0 Å². The number of aliphatic hydroxyl groups excluding tert-OH is 2. The lowest BCUT2D eigenvalue weighted by Crippen LogP contribution is -2.40. The SMILES string of the molecule is CN(C)CCNC(=O)C[C@@H]1O[C@H](CNC(=O)c2ccc3c(c2)OCO3)[C@@H](O)C1O. The first kappa shape index (κ1) is 21.3. The summed E-state index contributed by atoms with van der Waals surface area (Å²) in [6.07, 6.45) is -4.13. The van der Waals surface area contributed by atoms with Crippen molar-refractivity contribution < 1.29 is 34.0 Å². The first-order valence-electron chi connectivity index (χ1n) is 9.46. The Hall–Kier alpha value is -2.40. The molecule has 0 aromatic heterocycles. The van der Waals surface area contributed by atoms with E-state index < -0.39 is 24.4 Å². The summed E-state index contributed by atoms with van der Waals surface area (Å²) in [5.74, 6) is 0.420. The number of carbonyl (C=O) groups excluding carboxylic acids is 2. The molecule has 0 radical (unpaired) electrons. The molecule has 1 fully saturated rings. The zero-order valence-corrected chi connectivity index (χ0v) is 16.5. The maximum Gasteiger partial charge on any atom is 0.251 e. The first-order valence-corrected chi connectivity index (χ1v) is 9.46. The van der Waals surface area contributed by atoms with Crippen LogP contribution < -0.4 is 20.1 Å².